The maximum Gasteiger partial charge on any atom is 0.472 e. The van der Waals surface area contributed by atoms with E-state index in [0.717, 1.165) is 154 Å². The SMILES string of the molecule is CC/C=C\C/C=C\C/C=C\CCCCCCCCCC(=O)OCC(COP(=O)(O)OCC(CO)OC(=O)CCCCCCC/C=C\C/C=C\CCC)OC(=O)CCCCCCCC/C=C\C/C=C\C/C=C\CCCCC. The van der Waals surface area contributed by atoms with Gasteiger partial charge < -0.3 is 24.2 Å². The van der Waals surface area contributed by atoms with Crippen LogP contribution in [0.5, 0.6) is 0 Å². The third-order valence-corrected chi connectivity index (χ3v) is 13.4. The van der Waals surface area contributed by atoms with Crippen molar-refractivity contribution in [2.45, 2.75) is 264 Å². The number of aliphatic hydroxyl groups excluding tert-OH is 1. The minimum Gasteiger partial charge on any atom is -0.462 e. The predicted molar refractivity (Wildman–Crippen MR) is 316 cm³/mol. The number of phosphoric ester groups is 1. The number of carbonyl (C=O) groups is 3. The van der Waals surface area contributed by atoms with Crippen LogP contribution in [-0.2, 0) is 42.2 Å². The molecule has 76 heavy (non-hydrogen) atoms. The van der Waals surface area contributed by atoms with Crippen molar-refractivity contribution in [1.29, 1.82) is 0 Å². The van der Waals surface area contributed by atoms with Crippen molar-refractivity contribution in [2.24, 2.45) is 0 Å². The second kappa shape index (κ2) is 57.6. The van der Waals surface area contributed by atoms with Gasteiger partial charge >= 0.3 is 25.7 Å². The third-order valence-electron chi connectivity index (χ3n) is 12.4. The fourth-order valence-corrected chi connectivity index (χ4v) is 8.67. The molecule has 12 heteroatoms. The van der Waals surface area contributed by atoms with Gasteiger partial charge in [0.05, 0.1) is 19.8 Å². The van der Waals surface area contributed by atoms with Gasteiger partial charge in [-0.3, -0.25) is 23.4 Å². The van der Waals surface area contributed by atoms with E-state index >= 15 is 0 Å². The molecule has 0 aliphatic rings. The van der Waals surface area contributed by atoms with E-state index in [9.17, 15) is 28.9 Å². The quantitative estimate of drug-likeness (QED) is 0.0197. The molecule has 0 rings (SSSR count). The van der Waals surface area contributed by atoms with Crippen molar-refractivity contribution >= 4 is 25.7 Å². The van der Waals surface area contributed by atoms with Crippen LogP contribution in [0.1, 0.15) is 252 Å². The van der Waals surface area contributed by atoms with Crippen molar-refractivity contribution in [1.82, 2.24) is 0 Å². The number of aliphatic hydroxyl groups is 1. The molecule has 0 saturated heterocycles. The Labute approximate surface area is 463 Å². The van der Waals surface area contributed by atoms with Crippen molar-refractivity contribution in [3.63, 3.8) is 0 Å². The van der Waals surface area contributed by atoms with Gasteiger partial charge in [-0.05, 0) is 116 Å². The molecule has 0 bridgehead atoms. The van der Waals surface area contributed by atoms with E-state index in [1.165, 1.54) is 38.5 Å². The van der Waals surface area contributed by atoms with E-state index < -0.39 is 57.8 Å². The van der Waals surface area contributed by atoms with E-state index in [1.807, 2.05) is 0 Å². The molecule has 436 valence electrons. The van der Waals surface area contributed by atoms with Crippen LogP contribution in [0.4, 0.5) is 0 Å². The highest BCUT2D eigenvalue weighted by molar-refractivity contribution is 7.47. The van der Waals surface area contributed by atoms with Gasteiger partial charge in [0.2, 0.25) is 0 Å². The van der Waals surface area contributed by atoms with E-state index in [-0.39, 0.29) is 25.9 Å². The van der Waals surface area contributed by atoms with Crippen LogP contribution in [0.2, 0.25) is 0 Å². The predicted octanol–water partition coefficient (Wildman–Crippen LogP) is 18.0. The summed E-state index contributed by atoms with van der Waals surface area (Å²) in [6.07, 6.45) is 67.8. The zero-order chi connectivity index (χ0) is 55.5. The second-order valence-electron chi connectivity index (χ2n) is 19.8. The molecule has 0 fully saturated rings. The number of carbonyl (C=O) groups excluding carboxylic acids is 3. The highest BCUT2D eigenvalue weighted by Crippen LogP contribution is 2.43. The third kappa shape index (κ3) is 55.2. The topological polar surface area (TPSA) is 155 Å². The van der Waals surface area contributed by atoms with Crippen LogP contribution in [0.3, 0.4) is 0 Å². The van der Waals surface area contributed by atoms with Gasteiger partial charge in [0.1, 0.15) is 12.7 Å². The summed E-state index contributed by atoms with van der Waals surface area (Å²) in [6, 6.07) is 0. The zero-order valence-electron chi connectivity index (χ0n) is 48.2. The highest BCUT2D eigenvalue weighted by atomic mass is 31.2. The molecule has 0 aliphatic heterocycles. The van der Waals surface area contributed by atoms with E-state index in [2.05, 4.69) is 118 Å². The maximum atomic E-state index is 12.9. The highest BCUT2D eigenvalue weighted by Gasteiger charge is 2.28. The summed E-state index contributed by atoms with van der Waals surface area (Å²) >= 11 is 0. The average molecular weight is 1090 g/mol. The molecular formula is C64H109O11P. The summed E-state index contributed by atoms with van der Waals surface area (Å²) < 4.78 is 39.6. The molecule has 0 heterocycles. The van der Waals surface area contributed by atoms with Crippen LogP contribution in [0.25, 0.3) is 0 Å². The lowest BCUT2D eigenvalue weighted by Crippen LogP contribution is -2.30. The monoisotopic (exact) mass is 1080 g/mol. The lowest BCUT2D eigenvalue weighted by molar-refractivity contribution is -0.161. The number of esters is 3. The summed E-state index contributed by atoms with van der Waals surface area (Å²) in [4.78, 5) is 48.6. The summed E-state index contributed by atoms with van der Waals surface area (Å²) in [5.74, 6) is -1.51. The molecule has 3 unspecified atom stereocenters. The Morgan fingerprint density at radius 1 is 0.382 bits per heavy atom. The van der Waals surface area contributed by atoms with Crippen molar-refractivity contribution in [2.75, 3.05) is 26.4 Å². The number of hydrogen-bond acceptors (Lipinski definition) is 10. The molecule has 0 aromatic heterocycles. The lowest BCUT2D eigenvalue weighted by Gasteiger charge is -2.21. The van der Waals surface area contributed by atoms with Gasteiger partial charge in [-0.15, -0.1) is 0 Å². The first-order valence-electron chi connectivity index (χ1n) is 30.1. The van der Waals surface area contributed by atoms with Gasteiger partial charge in [-0.25, -0.2) is 4.57 Å². The molecule has 0 aromatic rings. The van der Waals surface area contributed by atoms with E-state index in [4.69, 9.17) is 23.3 Å². The van der Waals surface area contributed by atoms with Crippen LogP contribution in [0.15, 0.2) is 97.2 Å². The molecule has 0 spiro atoms. The number of unbranched alkanes of at least 4 members (excludes halogenated alkanes) is 22. The fourth-order valence-electron chi connectivity index (χ4n) is 7.89. The standard InChI is InChI=1S/C64H109O11P/c1-4-7-10-13-16-19-22-25-27-29-30-32-34-37-40-43-46-49-52-55-64(68)75-61(57-71-62(66)53-50-47-44-41-38-36-33-31-28-26-23-20-17-14-11-8-5-2)59-73-76(69,70)72-58-60(56-65)74-63(67)54-51-48-45-42-39-35-24-21-18-15-12-9-6-3/h8,11-12,15-17,19-21,24-28,30,32,60-61,65H,4-7,9-10,13-14,18,22-23,29,31,33-59H2,1-3H3,(H,69,70)/b11-8-,15-12-,19-16-,20-17-,24-21-,27-25-,28-26-,32-30-. The van der Waals surface area contributed by atoms with Gasteiger partial charge in [0, 0.05) is 19.3 Å². The number of phosphoric acid groups is 1. The van der Waals surface area contributed by atoms with Crippen LogP contribution in [-0.4, -0.2) is 66.5 Å². The van der Waals surface area contributed by atoms with Crippen molar-refractivity contribution < 1.29 is 52.2 Å². The molecular weight excluding hydrogens is 976 g/mol. The minimum absolute atomic E-state index is 0.146. The first-order valence-corrected chi connectivity index (χ1v) is 31.6. The molecule has 0 aromatic carbocycles. The second-order valence-corrected chi connectivity index (χ2v) is 21.2. The normalized spacial score (nSPS) is 14.0. The number of hydrogen-bond donors (Lipinski definition) is 2. The Hall–Kier alpha value is -3.60. The van der Waals surface area contributed by atoms with E-state index in [1.54, 1.807) is 0 Å². The Bertz CT molecular complexity index is 1640. The first kappa shape index (κ1) is 72.4. The number of allylic oxidation sites excluding steroid dienone is 16. The average Bonchev–Trinajstić information content (AvgIpc) is 3.41. The Kier molecular flexibility index (Phi) is 54.8. The largest absolute Gasteiger partial charge is 0.472 e. The summed E-state index contributed by atoms with van der Waals surface area (Å²) in [7, 11) is -4.76. The Morgan fingerprint density at radius 2 is 0.711 bits per heavy atom. The van der Waals surface area contributed by atoms with E-state index in [0.29, 0.717) is 19.3 Å². The van der Waals surface area contributed by atoms with Gasteiger partial charge in [-0.1, -0.05) is 214 Å². The summed E-state index contributed by atoms with van der Waals surface area (Å²) in [5.41, 5.74) is 0. The van der Waals surface area contributed by atoms with Gasteiger partial charge in [0.15, 0.2) is 6.10 Å². The summed E-state index contributed by atoms with van der Waals surface area (Å²) in [5, 5.41) is 9.82. The Balaban J connectivity index is 4.78. The van der Waals surface area contributed by atoms with Crippen molar-refractivity contribution in [3.8, 4) is 0 Å². The maximum absolute atomic E-state index is 12.9. The minimum atomic E-state index is -4.76. The first-order chi connectivity index (χ1) is 37.2. The van der Waals surface area contributed by atoms with Gasteiger partial charge in [0.25, 0.3) is 0 Å². The van der Waals surface area contributed by atoms with Crippen LogP contribution >= 0.6 is 7.82 Å². The molecule has 0 amide bonds. The number of rotatable bonds is 55. The van der Waals surface area contributed by atoms with Crippen molar-refractivity contribution in [3.05, 3.63) is 97.2 Å². The molecule has 3 atom stereocenters. The Morgan fingerprint density at radius 3 is 1.11 bits per heavy atom. The molecule has 11 nitrogen and oxygen atoms in total. The number of ether oxygens (including phenoxy) is 3. The van der Waals surface area contributed by atoms with Crippen LogP contribution < -0.4 is 0 Å². The van der Waals surface area contributed by atoms with Gasteiger partial charge in [-0.2, -0.15) is 0 Å². The van der Waals surface area contributed by atoms with Crippen LogP contribution in [0, 0.1) is 0 Å². The smallest absolute Gasteiger partial charge is 0.462 e. The fraction of sp³-hybridized carbons (Fsp3) is 0.703. The lowest BCUT2D eigenvalue weighted by atomic mass is 10.1. The summed E-state index contributed by atoms with van der Waals surface area (Å²) in [6.45, 7) is 4.41. The molecule has 0 radical (unpaired) electrons. The molecule has 2 N–H and O–H groups in total. The zero-order valence-corrected chi connectivity index (χ0v) is 49.1. The molecule has 0 saturated carbocycles. The molecule has 0 aliphatic carbocycles.